The van der Waals surface area contributed by atoms with Gasteiger partial charge in [0.05, 0.1) is 11.4 Å². The Morgan fingerprint density at radius 2 is 1.72 bits per heavy atom. The first kappa shape index (κ1) is 19.2. The van der Waals surface area contributed by atoms with Crippen molar-refractivity contribution in [2.45, 2.75) is 40.2 Å². The minimum Gasteiger partial charge on any atom is -0.455 e. The quantitative estimate of drug-likeness (QED) is 0.544. The fourth-order valence-electron chi connectivity index (χ4n) is 4.15. The van der Waals surface area contributed by atoms with Gasteiger partial charge in [-0.15, -0.1) is 0 Å². The van der Waals surface area contributed by atoms with E-state index in [1.807, 2.05) is 57.2 Å². The predicted molar refractivity (Wildman–Crippen MR) is 113 cm³/mol. The molecule has 1 aliphatic carbocycles. The fraction of sp³-hybridized carbons (Fsp3) is 0.280. The maximum Gasteiger partial charge on any atom is 0.303 e. The maximum atomic E-state index is 13.1. The summed E-state index contributed by atoms with van der Waals surface area (Å²) in [6.45, 7) is 7.43. The Morgan fingerprint density at radius 1 is 1.07 bits per heavy atom. The molecule has 4 heteroatoms. The monoisotopic (exact) mass is 387 g/mol. The largest absolute Gasteiger partial charge is 0.455 e. The van der Waals surface area contributed by atoms with Crippen LogP contribution in [0.15, 0.2) is 60.7 Å². The Balaban J connectivity index is 2.04. The number of ether oxygens (including phenoxy) is 1. The van der Waals surface area contributed by atoms with Gasteiger partial charge in [-0.1, -0.05) is 61.9 Å². The third-order valence-corrected chi connectivity index (χ3v) is 5.56. The van der Waals surface area contributed by atoms with Gasteiger partial charge in [-0.3, -0.25) is 9.59 Å². The fourth-order valence-corrected chi connectivity index (χ4v) is 4.15. The van der Waals surface area contributed by atoms with Crippen LogP contribution in [0.2, 0.25) is 0 Å². The van der Waals surface area contributed by atoms with Gasteiger partial charge in [0.25, 0.3) is 0 Å². The Morgan fingerprint density at radius 3 is 2.34 bits per heavy atom. The number of hydrogen-bond acceptors (Lipinski definition) is 3. The Kier molecular flexibility index (Phi) is 4.65. The lowest BCUT2D eigenvalue weighted by Gasteiger charge is -2.38. The van der Waals surface area contributed by atoms with Crippen molar-refractivity contribution in [2.75, 3.05) is 0 Å². The molecule has 1 aliphatic rings. The third kappa shape index (κ3) is 3.39. The molecule has 0 spiro atoms. The molecule has 0 saturated carbocycles. The van der Waals surface area contributed by atoms with Crippen LogP contribution in [0.25, 0.3) is 16.9 Å². The van der Waals surface area contributed by atoms with E-state index in [1.54, 1.807) is 0 Å². The summed E-state index contributed by atoms with van der Waals surface area (Å²) in [6, 6.07) is 20.1. The molecule has 1 heterocycles. The first-order valence-corrected chi connectivity index (χ1v) is 9.86. The number of carbonyl (C=O) groups excluding carboxylic acids is 2. The average molecular weight is 387 g/mol. The summed E-state index contributed by atoms with van der Waals surface area (Å²) in [5.74, 6) is -0.266. The summed E-state index contributed by atoms with van der Waals surface area (Å²) in [5.41, 5.74) is 4.94. The smallest absolute Gasteiger partial charge is 0.303 e. The van der Waals surface area contributed by atoms with Gasteiger partial charge < -0.3 is 9.30 Å². The van der Waals surface area contributed by atoms with E-state index in [9.17, 15) is 9.59 Å². The number of carbonyl (C=O) groups is 2. The van der Waals surface area contributed by atoms with E-state index >= 15 is 0 Å². The van der Waals surface area contributed by atoms with Crippen molar-refractivity contribution >= 4 is 11.8 Å². The molecule has 1 aromatic heterocycles. The third-order valence-electron chi connectivity index (χ3n) is 5.56. The highest BCUT2D eigenvalue weighted by Gasteiger charge is 2.45. The summed E-state index contributed by atoms with van der Waals surface area (Å²) in [5, 5.41) is 0. The van der Waals surface area contributed by atoms with Crippen LogP contribution >= 0.6 is 0 Å². The zero-order valence-corrected chi connectivity index (χ0v) is 17.2. The number of esters is 1. The van der Waals surface area contributed by atoms with Crippen molar-refractivity contribution in [3.63, 3.8) is 0 Å². The van der Waals surface area contributed by atoms with Gasteiger partial charge in [-0.2, -0.15) is 0 Å². The predicted octanol–water partition coefficient (Wildman–Crippen LogP) is 5.67. The van der Waals surface area contributed by atoms with Crippen molar-refractivity contribution in [1.82, 2.24) is 4.57 Å². The van der Waals surface area contributed by atoms with E-state index in [0.717, 1.165) is 22.6 Å². The van der Waals surface area contributed by atoms with Crippen molar-refractivity contribution in [1.29, 1.82) is 0 Å². The number of rotatable bonds is 3. The second-order valence-electron chi connectivity index (χ2n) is 8.44. The van der Waals surface area contributed by atoms with E-state index in [2.05, 4.69) is 28.8 Å². The van der Waals surface area contributed by atoms with Crippen LogP contribution in [0, 0.1) is 12.3 Å². The van der Waals surface area contributed by atoms with Gasteiger partial charge in [0.1, 0.15) is 6.10 Å². The lowest BCUT2D eigenvalue weighted by molar-refractivity contribution is -0.154. The van der Waals surface area contributed by atoms with Crippen molar-refractivity contribution in [3.8, 4) is 16.9 Å². The van der Waals surface area contributed by atoms with Gasteiger partial charge in [-0.05, 0) is 30.7 Å². The van der Waals surface area contributed by atoms with Crippen LogP contribution in [-0.2, 0) is 9.53 Å². The van der Waals surface area contributed by atoms with Crippen LogP contribution in [0.5, 0.6) is 0 Å². The molecule has 0 N–H and O–H groups in total. The second kappa shape index (κ2) is 7.03. The number of nitrogens with zero attached hydrogens (tertiary/aromatic N) is 1. The molecule has 0 aliphatic heterocycles. The Hall–Kier alpha value is -3.14. The number of ketones is 1. The Labute approximate surface area is 171 Å². The highest BCUT2D eigenvalue weighted by atomic mass is 16.5. The number of para-hydroxylation sites is 1. The molecular formula is C25H25NO3. The van der Waals surface area contributed by atoms with Gasteiger partial charge >= 0.3 is 5.97 Å². The van der Waals surface area contributed by atoms with Crippen LogP contribution in [0.3, 0.4) is 0 Å². The van der Waals surface area contributed by atoms with Crippen molar-refractivity contribution in [2.24, 2.45) is 5.41 Å². The average Bonchev–Trinajstić information content (AvgIpc) is 3.06. The number of Topliss-reactive ketones (excluding diaryl/α,β-unsaturated/α-hetero) is 1. The molecule has 0 radical (unpaired) electrons. The van der Waals surface area contributed by atoms with Gasteiger partial charge in [0.15, 0.2) is 5.78 Å². The number of benzene rings is 2. The molecule has 0 amide bonds. The van der Waals surface area contributed by atoms with Gasteiger partial charge in [0.2, 0.25) is 0 Å². The Bertz CT molecular complexity index is 1080. The van der Waals surface area contributed by atoms with E-state index in [0.29, 0.717) is 12.0 Å². The SMILES string of the molecule is CC(=O)OC1c2c(cc(-c3ccc(C)cc3)n2-c2ccccc2)C(=O)CC1(C)C. The van der Waals surface area contributed by atoms with Crippen molar-refractivity contribution < 1.29 is 14.3 Å². The summed E-state index contributed by atoms with van der Waals surface area (Å²) < 4.78 is 7.88. The molecule has 0 fully saturated rings. The number of aromatic nitrogens is 1. The number of hydrogen-bond donors (Lipinski definition) is 0. The molecule has 4 nitrogen and oxygen atoms in total. The molecule has 0 bridgehead atoms. The first-order valence-electron chi connectivity index (χ1n) is 9.86. The molecule has 3 aromatic rings. The lowest BCUT2D eigenvalue weighted by atomic mass is 9.73. The molecule has 1 atom stereocenters. The normalized spacial score (nSPS) is 17.7. The van der Waals surface area contributed by atoms with Crippen LogP contribution < -0.4 is 0 Å². The van der Waals surface area contributed by atoms with E-state index in [-0.39, 0.29) is 11.8 Å². The van der Waals surface area contributed by atoms with E-state index < -0.39 is 11.5 Å². The summed E-state index contributed by atoms with van der Waals surface area (Å²) in [7, 11) is 0. The van der Waals surface area contributed by atoms with Gasteiger partial charge in [0, 0.05) is 30.0 Å². The highest BCUT2D eigenvalue weighted by molar-refractivity contribution is 6.01. The summed E-state index contributed by atoms with van der Waals surface area (Å²) >= 11 is 0. The maximum absolute atomic E-state index is 13.1. The van der Waals surface area contributed by atoms with Gasteiger partial charge in [-0.25, -0.2) is 0 Å². The number of fused-ring (bicyclic) bond motifs is 1. The number of aryl methyl sites for hydroxylation is 1. The van der Waals surface area contributed by atoms with Crippen LogP contribution in [0.4, 0.5) is 0 Å². The molecule has 148 valence electrons. The first-order chi connectivity index (χ1) is 13.8. The molecular weight excluding hydrogens is 362 g/mol. The zero-order valence-electron chi connectivity index (χ0n) is 17.2. The topological polar surface area (TPSA) is 48.3 Å². The highest BCUT2D eigenvalue weighted by Crippen LogP contribution is 2.48. The zero-order chi connectivity index (χ0) is 20.8. The molecule has 1 unspecified atom stereocenters. The van der Waals surface area contributed by atoms with Crippen molar-refractivity contribution in [3.05, 3.63) is 77.5 Å². The van der Waals surface area contributed by atoms with E-state index in [1.165, 1.54) is 12.5 Å². The molecule has 4 rings (SSSR count). The van der Waals surface area contributed by atoms with E-state index in [4.69, 9.17) is 4.74 Å². The lowest BCUT2D eigenvalue weighted by Crippen LogP contribution is -2.35. The molecule has 0 saturated heterocycles. The van der Waals surface area contributed by atoms with Crippen LogP contribution in [-0.4, -0.2) is 16.3 Å². The molecule has 2 aromatic carbocycles. The minimum atomic E-state index is -0.507. The summed E-state index contributed by atoms with van der Waals surface area (Å²) in [4.78, 5) is 25.0. The van der Waals surface area contributed by atoms with Crippen LogP contribution in [0.1, 0.15) is 54.9 Å². The molecule has 29 heavy (non-hydrogen) atoms. The second-order valence-corrected chi connectivity index (χ2v) is 8.44. The summed E-state index contributed by atoms with van der Waals surface area (Å²) in [6.07, 6.45) is -0.170. The minimum absolute atomic E-state index is 0.0800. The standard InChI is InChI=1S/C25H25NO3/c1-16-10-12-18(13-11-16)21-14-20-22(28)15-25(3,4)24(29-17(2)27)23(20)26(21)19-8-6-5-7-9-19/h5-14,24H,15H2,1-4H3.